The molecule has 18 heavy (non-hydrogen) atoms. The summed E-state index contributed by atoms with van der Waals surface area (Å²) in [5.41, 5.74) is 0.318. The van der Waals surface area contributed by atoms with Gasteiger partial charge in [-0.3, -0.25) is 4.79 Å². The fraction of sp³-hybridized carbons (Fsp3) is 0. The third kappa shape index (κ3) is 3.05. The van der Waals surface area contributed by atoms with Crippen molar-refractivity contribution in [2.24, 2.45) is 0 Å². The van der Waals surface area contributed by atoms with Crippen LogP contribution < -0.4 is 5.32 Å². The zero-order chi connectivity index (χ0) is 13.1. The van der Waals surface area contributed by atoms with Gasteiger partial charge in [0.05, 0.1) is 5.56 Å². The maximum atomic E-state index is 12.9. The molecule has 0 radical (unpaired) electrons. The Morgan fingerprint density at radius 3 is 2.78 bits per heavy atom. The van der Waals surface area contributed by atoms with E-state index in [0.29, 0.717) is 20.9 Å². The highest BCUT2D eigenvalue weighted by Gasteiger charge is 2.11. The molecule has 0 aliphatic heterocycles. The molecule has 2 rings (SSSR count). The smallest absolute Gasteiger partial charge is 0.257 e. The number of amides is 1. The van der Waals surface area contributed by atoms with Gasteiger partial charge < -0.3 is 5.32 Å². The second kappa shape index (κ2) is 5.46. The molecule has 0 bridgehead atoms. The molecule has 0 aliphatic rings. The first kappa shape index (κ1) is 13.0. The highest BCUT2D eigenvalue weighted by Crippen LogP contribution is 2.19. The zero-order valence-electron chi connectivity index (χ0n) is 8.95. The van der Waals surface area contributed by atoms with Gasteiger partial charge in [0.2, 0.25) is 0 Å². The van der Waals surface area contributed by atoms with Crippen molar-refractivity contribution >= 4 is 39.3 Å². The molecule has 0 unspecified atom stereocenters. The maximum Gasteiger partial charge on any atom is 0.257 e. The maximum absolute atomic E-state index is 12.9. The first-order valence-electron chi connectivity index (χ1n) is 4.94. The van der Waals surface area contributed by atoms with Crippen LogP contribution in [0.15, 0.2) is 41.0 Å². The molecule has 0 aliphatic carbocycles. The van der Waals surface area contributed by atoms with Gasteiger partial charge >= 0.3 is 0 Å². The second-order valence-electron chi connectivity index (χ2n) is 3.44. The van der Waals surface area contributed by atoms with Gasteiger partial charge in [-0.15, -0.1) is 0 Å². The number of hydrogen-bond donors (Lipinski definition) is 1. The molecule has 1 aromatic heterocycles. The quantitative estimate of drug-likeness (QED) is 0.908. The lowest BCUT2D eigenvalue weighted by atomic mass is 10.2. The van der Waals surface area contributed by atoms with Crippen LogP contribution in [0.1, 0.15) is 10.4 Å². The van der Waals surface area contributed by atoms with Gasteiger partial charge in [0.15, 0.2) is 0 Å². The highest BCUT2D eigenvalue weighted by atomic mass is 79.9. The Hall–Kier alpha value is -1.46. The summed E-state index contributed by atoms with van der Waals surface area (Å²) in [6, 6.07) is 6.95. The topological polar surface area (TPSA) is 42.0 Å². The molecule has 1 N–H and O–H groups in total. The Morgan fingerprint density at radius 1 is 1.33 bits per heavy atom. The molecule has 0 fully saturated rings. The molecule has 0 saturated carbocycles. The van der Waals surface area contributed by atoms with Crippen molar-refractivity contribution in [2.75, 3.05) is 5.32 Å². The Bertz CT molecular complexity index is 606. The molecule has 1 aromatic carbocycles. The fourth-order valence-corrected chi connectivity index (χ4v) is 2.02. The third-order valence-corrected chi connectivity index (χ3v) is 3.03. The monoisotopic (exact) mass is 328 g/mol. The summed E-state index contributed by atoms with van der Waals surface area (Å²) >= 11 is 8.90. The van der Waals surface area contributed by atoms with Gasteiger partial charge in [0.25, 0.3) is 5.91 Å². The van der Waals surface area contributed by atoms with Crippen LogP contribution in [0.25, 0.3) is 0 Å². The molecule has 1 heterocycles. The number of carbonyl (C=O) groups excluding carboxylic acids is 1. The number of aromatic nitrogens is 1. The van der Waals surface area contributed by atoms with E-state index >= 15 is 0 Å². The van der Waals surface area contributed by atoms with Crippen LogP contribution in [0.2, 0.25) is 5.02 Å². The Balaban J connectivity index is 2.22. The van der Waals surface area contributed by atoms with Gasteiger partial charge in [0, 0.05) is 15.7 Å². The van der Waals surface area contributed by atoms with Gasteiger partial charge in [-0.05, 0) is 46.3 Å². The van der Waals surface area contributed by atoms with Crippen molar-refractivity contribution in [2.45, 2.75) is 0 Å². The minimum atomic E-state index is -0.417. The second-order valence-corrected chi connectivity index (χ2v) is 4.73. The molecule has 2 aromatic rings. The van der Waals surface area contributed by atoms with Gasteiger partial charge in [-0.25, -0.2) is 9.37 Å². The normalized spacial score (nSPS) is 10.2. The molecular weight excluding hydrogens is 322 g/mol. The molecule has 0 saturated heterocycles. The van der Waals surface area contributed by atoms with Crippen molar-refractivity contribution in [3.63, 3.8) is 0 Å². The van der Waals surface area contributed by atoms with E-state index in [1.165, 1.54) is 30.5 Å². The first-order valence-corrected chi connectivity index (χ1v) is 6.11. The molecule has 0 spiro atoms. The summed E-state index contributed by atoms with van der Waals surface area (Å²) in [7, 11) is 0. The van der Waals surface area contributed by atoms with Crippen LogP contribution in [0, 0.1) is 5.82 Å². The van der Waals surface area contributed by atoms with Crippen LogP contribution in [0.5, 0.6) is 0 Å². The number of anilines is 1. The number of halogens is 3. The van der Waals surface area contributed by atoms with Gasteiger partial charge in [-0.1, -0.05) is 11.6 Å². The fourth-order valence-electron chi connectivity index (χ4n) is 1.33. The van der Waals surface area contributed by atoms with E-state index in [9.17, 15) is 9.18 Å². The summed E-state index contributed by atoms with van der Waals surface area (Å²) in [6.07, 6.45) is 1.48. The number of nitrogens with zero attached hydrogens (tertiary/aromatic N) is 1. The summed E-state index contributed by atoms with van der Waals surface area (Å²) in [6.45, 7) is 0. The van der Waals surface area contributed by atoms with Gasteiger partial charge in [-0.2, -0.15) is 0 Å². The average molecular weight is 330 g/mol. The SMILES string of the molecule is O=C(Nc1cc(Cl)ccn1)c1ccc(F)cc1Br. The summed E-state index contributed by atoms with van der Waals surface area (Å²) in [4.78, 5) is 15.9. The largest absolute Gasteiger partial charge is 0.306 e. The van der Waals surface area contributed by atoms with Crippen LogP contribution in [0.4, 0.5) is 10.2 Å². The van der Waals surface area contributed by atoms with E-state index in [1.54, 1.807) is 6.07 Å². The van der Waals surface area contributed by atoms with Crippen molar-refractivity contribution in [1.29, 1.82) is 0 Å². The lowest BCUT2D eigenvalue weighted by Gasteiger charge is -2.06. The first-order chi connectivity index (χ1) is 8.56. The minimum absolute atomic E-state index is 0.318. The third-order valence-electron chi connectivity index (χ3n) is 2.14. The van der Waals surface area contributed by atoms with E-state index in [2.05, 4.69) is 26.2 Å². The predicted octanol–water partition coefficient (Wildman–Crippen LogP) is 3.89. The van der Waals surface area contributed by atoms with Crippen LogP contribution in [-0.4, -0.2) is 10.9 Å². The Labute approximate surface area is 116 Å². The van der Waals surface area contributed by atoms with Crippen LogP contribution >= 0.6 is 27.5 Å². The average Bonchev–Trinajstić information content (AvgIpc) is 2.28. The number of nitrogens with one attached hydrogen (secondary N) is 1. The summed E-state index contributed by atoms with van der Waals surface area (Å²) < 4.78 is 13.3. The number of pyridine rings is 1. The van der Waals surface area contributed by atoms with Crippen molar-refractivity contribution in [1.82, 2.24) is 4.98 Å². The number of hydrogen-bond acceptors (Lipinski definition) is 2. The summed E-state index contributed by atoms with van der Waals surface area (Å²) in [5, 5.41) is 3.04. The van der Waals surface area contributed by atoms with Crippen LogP contribution in [0.3, 0.4) is 0 Å². The highest BCUT2D eigenvalue weighted by molar-refractivity contribution is 9.10. The standard InChI is InChI=1S/C12H7BrClFN2O/c13-10-6-8(15)1-2-9(10)12(18)17-11-5-7(14)3-4-16-11/h1-6H,(H,16,17,18). The minimum Gasteiger partial charge on any atom is -0.306 e. The predicted molar refractivity (Wildman–Crippen MR) is 71.3 cm³/mol. The van der Waals surface area contributed by atoms with Crippen LogP contribution in [-0.2, 0) is 0 Å². The molecule has 1 amide bonds. The Kier molecular flexibility index (Phi) is 3.93. The van der Waals surface area contributed by atoms with E-state index < -0.39 is 11.7 Å². The lowest BCUT2D eigenvalue weighted by Crippen LogP contribution is -2.13. The van der Waals surface area contributed by atoms with E-state index in [1.807, 2.05) is 0 Å². The van der Waals surface area contributed by atoms with Crippen molar-refractivity contribution in [3.05, 3.63) is 57.4 Å². The van der Waals surface area contributed by atoms with E-state index in [4.69, 9.17) is 11.6 Å². The number of rotatable bonds is 2. The molecule has 0 atom stereocenters. The van der Waals surface area contributed by atoms with Crippen molar-refractivity contribution in [3.8, 4) is 0 Å². The van der Waals surface area contributed by atoms with E-state index in [0.717, 1.165) is 0 Å². The Morgan fingerprint density at radius 2 is 2.11 bits per heavy atom. The lowest BCUT2D eigenvalue weighted by molar-refractivity contribution is 0.102. The molecule has 3 nitrogen and oxygen atoms in total. The number of carbonyl (C=O) groups is 1. The van der Waals surface area contributed by atoms with Gasteiger partial charge in [0.1, 0.15) is 11.6 Å². The number of benzene rings is 1. The zero-order valence-corrected chi connectivity index (χ0v) is 11.3. The van der Waals surface area contributed by atoms with Crippen molar-refractivity contribution < 1.29 is 9.18 Å². The molecular formula is C12H7BrClFN2O. The van der Waals surface area contributed by atoms with E-state index in [-0.39, 0.29) is 0 Å². The molecule has 92 valence electrons. The summed E-state index contributed by atoms with van der Waals surface area (Å²) in [5.74, 6) is -0.473. The molecule has 6 heteroatoms.